The van der Waals surface area contributed by atoms with Crippen molar-refractivity contribution in [2.75, 3.05) is 17.2 Å². The van der Waals surface area contributed by atoms with Crippen molar-refractivity contribution in [2.24, 2.45) is 0 Å². The van der Waals surface area contributed by atoms with Gasteiger partial charge in [0.2, 0.25) is 0 Å². The van der Waals surface area contributed by atoms with E-state index in [1.165, 1.54) is 73.4 Å². The monoisotopic (exact) mass is 850 g/mol. The van der Waals surface area contributed by atoms with Crippen LogP contribution < -0.4 is 17.2 Å². The Labute approximate surface area is 356 Å². The van der Waals surface area contributed by atoms with Crippen molar-refractivity contribution < 1.29 is 17.6 Å². The highest BCUT2D eigenvalue weighted by Crippen LogP contribution is 2.34. The van der Waals surface area contributed by atoms with Crippen LogP contribution in [-0.2, 0) is 0 Å². The Hall–Kier alpha value is -8.24. The molecule has 0 amide bonds. The molecule has 0 aliphatic rings. The summed E-state index contributed by atoms with van der Waals surface area (Å²) in [6, 6.07) is 25.0. The molecule has 0 fully saturated rings. The first-order valence-corrected chi connectivity index (χ1v) is 18.7. The lowest BCUT2D eigenvalue weighted by Gasteiger charge is -2.10. The van der Waals surface area contributed by atoms with Gasteiger partial charge < -0.3 is 17.2 Å². The summed E-state index contributed by atoms with van der Waals surface area (Å²) in [7, 11) is 0. The topological polar surface area (TPSA) is 194 Å². The Balaban J connectivity index is 0.000000140. The van der Waals surface area contributed by atoms with E-state index in [1.54, 1.807) is 61.1 Å². The number of nitrogens with two attached hydrogens (primary N) is 3. The van der Waals surface area contributed by atoms with Gasteiger partial charge in [-0.15, -0.1) is 0 Å². The Kier molecular flexibility index (Phi) is 13.0. The predicted octanol–water partition coefficient (Wildman–Crippen LogP) is 9.57. The molecule has 0 bridgehead atoms. The molecule has 17 heteroatoms. The molecule has 0 saturated heterocycles. The Morgan fingerprint density at radius 2 is 0.790 bits per heavy atom. The molecule has 0 unspecified atom stereocenters. The van der Waals surface area contributed by atoms with Crippen molar-refractivity contribution >= 4 is 29.1 Å². The van der Waals surface area contributed by atoms with Gasteiger partial charge in [0, 0.05) is 64.4 Å². The molecular weight excluding hydrogens is 820 g/mol. The molecule has 0 aliphatic heterocycles. The molecular formula is C45H31ClF4N12. The first-order chi connectivity index (χ1) is 30.0. The average molecular weight is 851 g/mol. The zero-order chi connectivity index (χ0) is 43.6. The van der Waals surface area contributed by atoms with E-state index in [1.807, 2.05) is 12.1 Å². The van der Waals surface area contributed by atoms with Crippen molar-refractivity contribution in [3.63, 3.8) is 0 Å². The minimum atomic E-state index is -0.533. The van der Waals surface area contributed by atoms with Gasteiger partial charge in [-0.25, -0.2) is 37.5 Å². The van der Waals surface area contributed by atoms with Crippen LogP contribution in [-0.4, -0.2) is 44.9 Å². The smallest absolute Gasteiger partial charge is 0.150 e. The molecule has 9 aromatic rings. The van der Waals surface area contributed by atoms with Crippen LogP contribution in [0.3, 0.4) is 0 Å². The maximum atomic E-state index is 13.9. The van der Waals surface area contributed by atoms with Crippen LogP contribution in [0.25, 0.3) is 67.5 Å². The third kappa shape index (κ3) is 10.1. The molecule has 306 valence electrons. The van der Waals surface area contributed by atoms with Gasteiger partial charge in [-0.3, -0.25) is 24.9 Å². The van der Waals surface area contributed by atoms with Crippen LogP contribution in [0.2, 0.25) is 5.02 Å². The van der Waals surface area contributed by atoms with Gasteiger partial charge in [0.15, 0.2) is 5.82 Å². The Bertz CT molecular complexity index is 2860. The van der Waals surface area contributed by atoms with Gasteiger partial charge in [-0.05, 0) is 60.7 Å². The molecule has 0 aliphatic carbocycles. The molecule has 62 heavy (non-hydrogen) atoms. The molecule has 0 radical (unpaired) electrons. The fourth-order valence-corrected chi connectivity index (χ4v) is 6.18. The highest BCUT2D eigenvalue weighted by atomic mass is 35.5. The third-order valence-electron chi connectivity index (χ3n) is 8.68. The first kappa shape index (κ1) is 41.9. The lowest BCUT2D eigenvalue weighted by atomic mass is 10.0. The zero-order valence-corrected chi connectivity index (χ0v) is 32.8. The second-order valence-electron chi connectivity index (χ2n) is 13.0. The Morgan fingerprint density at radius 1 is 0.387 bits per heavy atom. The standard InChI is InChI=1S/C15H10ClFN4.C15H10F2N4.C15H11FN4/c16-12-7-19-5-4-11(12)15-14(21-13(18)8-20-15)9-2-1-3-10(17)6-9;16-10-3-1-2-9(6-10)14-15(20-8-13(18)21-14)11-4-5-19-7-12(11)17;16-12-3-1-2-11(8-12)15-14(19-9-13(17)20-15)10-4-6-18-7-5-10/h2*1-8H,(H2,18,21);1-9H,(H2,17,20). The molecule has 0 saturated carbocycles. The molecule has 6 heterocycles. The minimum Gasteiger partial charge on any atom is -0.382 e. The number of benzene rings is 3. The molecule has 12 nitrogen and oxygen atoms in total. The van der Waals surface area contributed by atoms with E-state index >= 15 is 0 Å². The van der Waals surface area contributed by atoms with E-state index in [2.05, 4.69) is 44.9 Å². The number of nitrogen functional groups attached to an aromatic ring is 3. The second-order valence-corrected chi connectivity index (χ2v) is 13.4. The SMILES string of the molecule is Nc1cnc(-c2ccncc2)c(-c2cccc(F)c2)n1.Nc1cnc(-c2ccncc2Cl)c(-c2cccc(F)c2)n1.Nc1cnc(-c2ccncc2F)c(-c2cccc(F)c2)n1. The van der Waals surface area contributed by atoms with Gasteiger partial charge in [-0.1, -0.05) is 48.0 Å². The summed E-state index contributed by atoms with van der Waals surface area (Å²) in [6.45, 7) is 0. The largest absolute Gasteiger partial charge is 0.382 e. The van der Waals surface area contributed by atoms with E-state index < -0.39 is 11.6 Å². The maximum absolute atomic E-state index is 13.9. The van der Waals surface area contributed by atoms with Crippen LogP contribution in [0.1, 0.15) is 0 Å². The lowest BCUT2D eigenvalue weighted by molar-refractivity contribution is 0.624. The minimum absolute atomic E-state index is 0.174. The molecule has 3 aromatic carbocycles. The van der Waals surface area contributed by atoms with Crippen LogP contribution >= 0.6 is 11.6 Å². The van der Waals surface area contributed by atoms with E-state index in [0.29, 0.717) is 61.6 Å². The summed E-state index contributed by atoms with van der Waals surface area (Å²) in [5, 5.41) is 0.439. The molecule has 6 N–H and O–H groups in total. The highest BCUT2D eigenvalue weighted by molar-refractivity contribution is 6.33. The number of rotatable bonds is 6. The molecule has 6 aromatic heterocycles. The molecule has 0 spiro atoms. The summed E-state index contributed by atoms with van der Waals surface area (Å²) in [6.07, 6.45) is 13.3. The number of hydrogen-bond donors (Lipinski definition) is 3. The number of nitrogens with zero attached hydrogens (tertiary/aromatic N) is 9. The van der Waals surface area contributed by atoms with Crippen LogP contribution in [0.4, 0.5) is 35.0 Å². The van der Waals surface area contributed by atoms with Crippen molar-refractivity contribution in [3.05, 3.63) is 181 Å². The third-order valence-corrected chi connectivity index (χ3v) is 8.98. The van der Waals surface area contributed by atoms with Crippen molar-refractivity contribution in [1.29, 1.82) is 0 Å². The summed E-state index contributed by atoms with van der Waals surface area (Å²) in [5.74, 6) is -0.916. The van der Waals surface area contributed by atoms with Gasteiger partial charge in [0.25, 0.3) is 0 Å². The normalized spacial score (nSPS) is 10.5. The fourth-order valence-electron chi connectivity index (χ4n) is 5.97. The van der Waals surface area contributed by atoms with Crippen molar-refractivity contribution in [3.8, 4) is 67.5 Å². The van der Waals surface area contributed by atoms with E-state index in [9.17, 15) is 17.6 Å². The summed E-state index contributed by atoms with van der Waals surface area (Å²) < 4.78 is 54.2. The number of halogens is 5. The summed E-state index contributed by atoms with van der Waals surface area (Å²) in [4.78, 5) is 37.1. The van der Waals surface area contributed by atoms with E-state index in [0.717, 1.165) is 11.8 Å². The molecule has 0 atom stereocenters. The lowest BCUT2D eigenvalue weighted by Crippen LogP contribution is -2.00. The predicted molar refractivity (Wildman–Crippen MR) is 230 cm³/mol. The zero-order valence-electron chi connectivity index (χ0n) is 32.1. The number of pyridine rings is 3. The van der Waals surface area contributed by atoms with Gasteiger partial charge in [0.05, 0.1) is 64.0 Å². The Morgan fingerprint density at radius 3 is 1.24 bits per heavy atom. The number of hydrogen-bond acceptors (Lipinski definition) is 12. The average Bonchev–Trinajstić information content (AvgIpc) is 3.28. The fraction of sp³-hybridized carbons (Fsp3) is 0. The van der Waals surface area contributed by atoms with Crippen molar-refractivity contribution in [1.82, 2.24) is 44.9 Å². The van der Waals surface area contributed by atoms with Crippen LogP contribution in [0.15, 0.2) is 153 Å². The van der Waals surface area contributed by atoms with Gasteiger partial charge in [-0.2, -0.15) is 0 Å². The van der Waals surface area contributed by atoms with Crippen molar-refractivity contribution in [2.45, 2.75) is 0 Å². The van der Waals surface area contributed by atoms with Gasteiger partial charge in [0.1, 0.15) is 34.9 Å². The molecule has 9 rings (SSSR count). The van der Waals surface area contributed by atoms with E-state index in [-0.39, 0.29) is 34.5 Å². The number of anilines is 3. The highest BCUT2D eigenvalue weighted by Gasteiger charge is 2.17. The maximum Gasteiger partial charge on any atom is 0.150 e. The number of aromatic nitrogens is 9. The quantitative estimate of drug-likeness (QED) is 0.134. The van der Waals surface area contributed by atoms with Gasteiger partial charge >= 0.3 is 0 Å². The van der Waals surface area contributed by atoms with Crippen LogP contribution in [0.5, 0.6) is 0 Å². The summed E-state index contributed by atoms with van der Waals surface area (Å²) >= 11 is 6.15. The van der Waals surface area contributed by atoms with Crippen LogP contribution in [0, 0.1) is 23.3 Å². The first-order valence-electron chi connectivity index (χ1n) is 18.3. The van der Waals surface area contributed by atoms with E-state index in [4.69, 9.17) is 28.8 Å². The second kappa shape index (κ2) is 19.2. The summed E-state index contributed by atoms with van der Waals surface area (Å²) in [5.41, 5.74) is 23.3.